The van der Waals surface area contributed by atoms with Gasteiger partial charge in [0.1, 0.15) is 0 Å². The van der Waals surface area contributed by atoms with Gasteiger partial charge in [-0.05, 0) is 57.0 Å². The van der Waals surface area contributed by atoms with Gasteiger partial charge in [0, 0.05) is 12.1 Å². The quantitative estimate of drug-likeness (QED) is 0.480. The molecule has 0 radical (unpaired) electrons. The first kappa shape index (κ1) is 17.5. The van der Waals surface area contributed by atoms with Gasteiger partial charge in [0.2, 0.25) is 0 Å². The highest BCUT2D eigenvalue weighted by Gasteiger charge is 2.22. The molecule has 25 heavy (non-hydrogen) atoms. The van der Waals surface area contributed by atoms with Gasteiger partial charge in [0.25, 0.3) is 0 Å². The zero-order valence-corrected chi connectivity index (χ0v) is 15.6. The summed E-state index contributed by atoms with van der Waals surface area (Å²) in [7, 11) is 0. The molecule has 2 aromatic heterocycles. The third-order valence-corrected chi connectivity index (χ3v) is 5.30. The van der Waals surface area contributed by atoms with Gasteiger partial charge in [0.05, 0.1) is 11.5 Å². The second-order valence-corrected chi connectivity index (χ2v) is 7.26. The van der Waals surface area contributed by atoms with Crippen molar-refractivity contribution in [1.29, 1.82) is 0 Å². The van der Waals surface area contributed by atoms with Crippen LogP contribution >= 0.6 is 11.8 Å². The number of carbonyl (C=O) groups excluding carboxylic acids is 1. The molecule has 130 valence electrons. The van der Waals surface area contributed by atoms with Gasteiger partial charge in [-0.3, -0.25) is 9.36 Å². The van der Waals surface area contributed by atoms with Crippen LogP contribution in [0.2, 0.25) is 0 Å². The normalized spacial score (nSPS) is 12.3. The third kappa shape index (κ3) is 3.54. The molecule has 0 spiro atoms. The maximum absolute atomic E-state index is 12.8. The van der Waals surface area contributed by atoms with Crippen LogP contribution in [0.25, 0.3) is 11.6 Å². The maximum Gasteiger partial charge on any atom is 0.200 e. The van der Waals surface area contributed by atoms with E-state index in [1.54, 1.807) is 6.26 Å². The zero-order valence-electron chi connectivity index (χ0n) is 14.8. The molecule has 1 atom stereocenters. The van der Waals surface area contributed by atoms with Crippen LogP contribution in [0.5, 0.6) is 0 Å². The van der Waals surface area contributed by atoms with E-state index >= 15 is 0 Å². The number of aromatic nitrogens is 3. The molecule has 6 heteroatoms. The summed E-state index contributed by atoms with van der Waals surface area (Å²) in [5.41, 5.74) is 3.04. The predicted octanol–water partition coefficient (Wildman–Crippen LogP) is 4.54. The van der Waals surface area contributed by atoms with Gasteiger partial charge in [-0.25, -0.2) is 0 Å². The molecule has 0 aliphatic heterocycles. The van der Waals surface area contributed by atoms with E-state index in [-0.39, 0.29) is 11.0 Å². The molecular formula is C19H21N3O2S. The number of carbonyl (C=O) groups is 1. The Labute approximate surface area is 151 Å². The third-order valence-electron chi connectivity index (χ3n) is 4.22. The molecule has 3 aromatic rings. The Morgan fingerprint density at radius 2 is 2.04 bits per heavy atom. The van der Waals surface area contributed by atoms with Crippen molar-refractivity contribution in [2.24, 2.45) is 0 Å². The number of rotatable bonds is 6. The van der Waals surface area contributed by atoms with Crippen LogP contribution in [0.15, 0.2) is 46.2 Å². The van der Waals surface area contributed by atoms with Crippen molar-refractivity contribution < 1.29 is 9.21 Å². The zero-order chi connectivity index (χ0) is 18.0. The minimum Gasteiger partial charge on any atom is -0.461 e. The molecule has 0 amide bonds. The van der Waals surface area contributed by atoms with Crippen molar-refractivity contribution in [2.75, 3.05) is 0 Å². The van der Waals surface area contributed by atoms with Gasteiger partial charge < -0.3 is 4.42 Å². The smallest absolute Gasteiger partial charge is 0.200 e. The molecule has 5 nitrogen and oxygen atoms in total. The summed E-state index contributed by atoms with van der Waals surface area (Å²) in [6, 6.07) is 9.51. The summed E-state index contributed by atoms with van der Waals surface area (Å²) in [5, 5.41) is 8.95. The number of thioether (sulfide) groups is 1. The SMILES string of the molecule is CCn1c(SC(C)C(=O)c2ccc(C)c(C)c2)nnc1-c1ccco1. The maximum atomic E-state index is 12.8. The molecule has 1 unspecified atom stereocenters. The fourth-order valence-corrected chi connectivity index (χ4v) is 3.58. The van der Waals surface area contributed by atoms with Crippen LogP contribution in [-0.2, 0) is 6.54 Å². The molecule has 0 saturated heterocycles. The monoisotopic (exact) mass is 355 g/mol. The number of hydrogen-bond acceptors (Lipinski definition) is 5. The number of furan rings is 1. The molecule has 0 bridgehead atoms. The van der Waals surface area contributed by atoms with Crippen molar-refractivity contribution in [3.05, 3.63) is 53.3 Å². The lowest BCUT2D eigenvalue weighted by Crippen LogP contribution is -2.15. The van der Waals surface area contributed by atoms with Gasteiger partial charge in [-0.1, -0.05) is 23.9 Å². The summed E-state index contributed by atoms with van der Waals surface area (Å²) in [6.45, 7) is 8.70. The van der Waals surface area contributed by atoms with Crippen LogP contribution in [-0.4, -0.2) is 25.8 Å². The average molecular weight is 355 g/mol. The number of hydrogen-bond donors (Lipinski definition) is 0. The van der Waals surface area contributed by atoms with Crippen molar-refractivity contribution in [3.8, 4) is 11.6 Å². The molecule has 0 aliphatic rings. The molecule has 0 saturated carbocycles. The first-order chi connectivity index (χ1) is 12.0. The van der Waals surface area contributed by atoms with Crippen LogP contribution in [0.1, 0.15) is 35.3 Å². The fourth-order valence-electron chi connectivity index (χ4n) is 2.59. The molecule has 0 fully saturated rings. The molecule has 3 rings (SSSR count). The average Bonchev–Trinajstić information content (AvgIpc) is 3.25. The molecule has 2 heterocycles. The van der Waals surface area contributed by atoms with E-state index in [0.717, 1.165) is 16.3 Å². The standard InChI is InChI=1S/C19H21N3O2S/c1-5-22-18(16-7-6-10-24-16)20-21-19(22)25-14(4)17(23)15-9-8-12(2)13(3)11-15/h6-11,14H,5H2,1-4H3. The summed E-state index contributed by atoms with van der Waals surface area (Å²) < 4.78 is 7.39. The number of aryl methyl sites for hydroxylation is 2. The van der Waals surface area contributed by atoms with E-state index in [1.165, 1.54) is 17.3 Å². The predicted molar refractivity (Wildman–Crippen MR) is 99.0 cm³/mol. The first-order valence-electron chi connectivity index (χ1n) is 8.26. The van der Waals surface area contributed by atoms with E-state index in [1.807, 2.05) is 62.6 Å². The minimum atomic E-state index is -0.249. The highest BCUT2D eigenvalue weighted by Crippen LogP contribution is 2.28. The fraction of sp³-hybridized carbons (Fsp3) is 0.316. The molecular weight excluding hydrogens is 334 g/mol. The van der Waals surface area contributed by atoms with Crippen LogP contribution < -0.4 is 0 Å². The van der Waals surface area contributed by atoms with Crippen molar-refractivity contribution in [1.82, 2.24) is 14.8 Å². The Balaban J connectivity index is 1.82. The van der Waals surface area contributed by atoms with Gasteiger partial charge in [-0.15, -0.1) is 10.2 Å². The summed E-state index contributed by atoms with van der Waals surface area (Å²) in [4.78, 5) is 12.8. The molecule has 1 aromatic carbocycles. The number of ketones is 1. The Morgan fingerprint density at radius 1 is 1.24 bits per heavy atom. The summed E-state index contributed by atoms with van der Waals surface area (Å²) in [6.07, 6.45) is 1.61. The number of benzene rings is 1. The molecule has 0 N–H and O–H groups in total. The van der Waals surface area contributed by atoms with Crippen LogP contribution in [0, 0.1) is 13.8 Å². The van der Waals surface area contributed by atoms with E-state index in [9.17, 15) is 4.79 Å². The van der Waals surface area contributed by atoms with Gasteiger partial charge >= 0.3 is 0 Å². The second kappa shape index (κ2) is 7.27. The largest absolute Gasteiger partial charge is 0.461 e. The van der Waals surface area contributed by atoms with Crippen molar-refractivity contribution in [3.63, 3.8) is 0 Å². The minimum absolute atomic E-state index is 0.0956. The van der Waals surface area contributed by atoms with Crippen LogP contribution in [0.3, 0.4) is 0 Å². The van der Waals surface area contributed by atoms with E-state index in [2.05, 4.69) is 10.2 Å². The number of nitrogens with zero attached hydrogens (tertiary/aromatic N) is 3. The van der Waals surface area contributed by atoms with E-state index in [0.29, 0.717) is 18.1 Å². The second-order valence-electron chi connectivity index (χ2n) is 5.95. The van der Waals surface area contributed by atoms with E-state index in [4.69, 9.17) is 4.42 Å². The lowest BCUT2D eigenvalue weighted by Gasteiger charge is -2.12. The topological polar surface area (TPSA) is 60.9 Å². The first-order valence-corrected chi connectivity index (χ1v) is 9.14. The Hall–Kier alpha value is -2.34. The van der Waals surface area contributed by atoms with E-state index < -0.39 is 0 Å². The lowest BCUT2D eigenvalue weighted by atomic mass is 10.0. The van der Waals surface area contributed by atoms with Gasteiger partial charge in [-0.2, -0.15) is 0 Å². The highest BCUT2D eigenvalue weighted by atomic mass is 32.2. The molecule has 0 aliphatic carbocycles. The van der Waals surface area contributed by atoms with Crippen molar-refractivity contribution in [2.45, 2.75) is 44.6 Å². The number of Topliss-reactive ketones (excluding diaryl/α,β-unsaturated/α-hetero) is 1. The Kier molecular flexibility index (Phi) is 5.08. The summed E-state index contributed by atoms with van der Waals surface area (Å²) >= 11 is 1.42. The van der Waals surface area contributed by atoms with Crippen molar-refractivity contribution >= 4 is 17.5 Å². The summed E-state index contributed by atoms with van der Waals surface area (Å²) in [5.74, 6) is 1.45. The van der Waals surface area contributed by atoms with Gasteiger partial charge in [0.15, 0.2) is 22.5 Å². The lowest BCUT2D eigenvalue weighted by molar-refractivity contribution is 0.0993. The Morgan fingerprint density at radius 3 is 2.68 bits per heavy atom. The Bertz CT molecular complexity index is 884. The highest BCUT2D eigenvalue weighted by molar-refractivity contribution is 8.00. The van der Waals surface area contributed by atoms with Crippen LogP contribution in [0.4, 0.5) is 0 Å².